The molecule has 3 aliphatic rings. The predicted molar refractivity (Wildman–Crippen MR) is 67.1 cm³/mol. The molecule has 0 aromatic rings. The monoisotopic (exact) mass is 288 g/mol. The van der Waals surface area contributed by atoms with Gasteiger partial charge in [0.2, 0.25) is 0 Å². The van der Waals surface area contributed by atoms with Gasteiger partial charge in [-0.3, -0.25) is 9.98 Å². The molecule has 20 heavy (non-hydrogen) atoms. The smallest absolute Gasteiger partial charge is 0.173 e. The third-order valence-electron chi connectivity index (χ3n) is 3.81. The lowest BCUT2D eigenvalue weighted by molar-refractivity contribution is -0.0751. The number of nitrogens with one attached hydrogen (secondary N) is 1. The van der Waals surface area contributed by atoms with Gasteiger partial charge in [0.15, 0.2) is 12.4 Å². The normalized spacial score (nSPS) is 47.2. The minimum Gasteiger partial charge on any atom is -0.394 e. The van der Waals surface area contributed by atoms with E-state index in [1.54, 1.807) is 0 Å². The van der Waals surface area contributed by atoms with Crippen LogP contribution in [0, 0.1) is 0 Å². The largest absolute Gasteiger partial charge is 0.394 e. The van der Waals surface area contributed by atoms with E-state index in [0.717, 1.165) is 0 Å². The van der Waals surface area contributed by atoms with Gasteiger partial charge < -0.3 is 30.3 Å². The summed E-state index contributed by atoms with van der Waals surface area (Å²) in [5.74, 6) is 0. The number of halogens is 1. The second kappa shape index (κ2) is 5.24. The summed E-state index contributed by atoms with van der Waals surface area (Å²) < 4.78 is 19.5. The fourth-order valence-electron chi connectivity index (χ4n) is 2.69. The number of fused-ring (bicyclic) bond motifs is 1. The Hall–Kier alpha value is -1.29. The molecule has 0 radical (unpaired) electrons. The molecule has 3 aliphatic heterocycles. The summed E-state index contributed by atoms with van der Waals surface area (Å²) in [7, 11) is 0. The highest BCUT2D eigenvalue weighted by Gasteiger charge is 2.50. The number of hydrogen-bond donors (Lipinski definition) is 4. The van der Waals surface area contributed by atoms with E-state index in [2.05, 4.69) is 15.3 Å². The molecule has 2 unspecified atom stereocenters. The molecule has 0 bridgehead atoms. The third-order valence-corrected chi connectivity index (χ3v) is 3.81. The second-order valence-corrected chi connectivity index (χ2v) is 5.06. The van der Waals surface area contributed by atoms with Crippen LogP contribution in [-0.2, 0) is 4.74 Å². The summed E-state index contributed by atoms with van der Waals surface area (Å²) in [5.41, 5.74) is 0. The fourth-order valence-corrected chi connectivity index (χ4v) is 2.69. The summed E-state index contributed by atoms with van der Waals surface area (Å²) in [6, 6.07) is -0.487. The van der Waals surface area contributed by atoms with Crippen molar-refractivity contribution in [3.63, 3.8) is 0 Å². The first-order valence-electron chi connectivity index (χ1n) is 6.45. The molecule has 3 heterocycles. The zero-order valence-electron chi connectivity index (χ0n) is 10.6. The van der Waals surface area contributed by atoms with Crippen LogP contribution in [0.3, 0.4) is 0 Å². The Morgan fingerprint density at radius 3 is 2.95 bits per heavy atom. The minimum atomic E-state index is -1.67. The molecule has 8 nitrogen and oxygen atoms in total. The lowest BCUT2D eigenvalue weighted by Gasteiger charge is -2.33. The van der Waals surface area contributed by atoms with E-state index in [-0.39, 0.29) is 6.54 Å². The van der Waals surface area contributed by atoms with Gasteiger partial charge >= 0.3 is 0 Å². The topological polar surface area (TPSA) is 110 Å². The van der Waals surface area contributed by atoms with E-state index >= 15 is 0 Å². The van der Waals surface area contributed by atoms with Crippen LogP contribution < -0.4 is 5.32 Å². The lowest BCUT2D eigenvalue weighted by atomic mass is 10.1. The van der Waals surface area contributed by atoms with Gasteiger partial charge in [-0.25, -0.2) is 4.39 Å². The van der Waals surface area contributed by atoms with Crippen LogP contribution >= 0.6 is 0 Å². The maximum atomic E-state index is 14.1. The van der Waals surface area contributed by atoms with Gasteiger partial charge in [-0.1, -0.05) is 0 Å². The number of aliphatic imine (C=N–C) groups is 2. The third kappa shape index (κ3) is 2.06. The standard InChI is InChI=1S/C11H17FN4O4/c12-7-9(19)6(2-17)20-11(7)16-4-15-8-5(18)1-13-3-14-10(8)16/h3-11,17-19H,1-2H2,(H,13,14)/t5-,6+,7+,8?,9+,10?,11+/m1/s1. The van der Waals surface area contributed by atoms with Gasteiger partial charge in [-0.15, -0.1) is 0 Å². The van der Waals surface area contributed by atoms with Crippen molar-refractivity contribution in [3.05, 3.63) is 0 Å². The first-order chi connectivity index (χ1) is 9.63. The van der Waals surface area contributed by atoms with Crippen molar-refractivity contribution >= 4 is 12.7 Å². The number of rotatable bonds is 2. The van der Waals surface area contributed by atoms with Crippen molar-refractivity contribution < 1.29 is 24.4 Å². The highest BCUT2D eigenvalue weighted by molar-refractivity contribution is 5.63. The number of nitrogens with zero attached hydrogens (tertiary/aromatic N) is 3. The summed E-state index contributed by atoms with van der Waals surface area (Å²) in [4.78, 5) is 9.57. The van der Waals surface area contributed by atoms with E-state index in [0.29, 0.717) is 0 Å². The van der Waals surface area contributed by atoms with Crippen molar-refractivity contribution in [2.45, 2.75) is 42.9 Å². The Labute approximate surface area is 114 Å². The fraction of sp³-hybridized carbons (Fsp3) is 0.818. The summed E-state index contributed by atoms with van der Waals surface area (Å²) in [6.07, 6.45) is -3.52. The van der Waals surface area contributed by atoms with Crippen LogP contribution in [-0.4, -0.2) is 89.0 Å². The molecule has 3 rings (SSSR count). The average Bonchev–Trinajstić information content (AvgIpc) is 2.92. The van der Waals surface area contributed by atoms with Crippen LogP contribution in [0.5, 0.6) is 0 Å². The van der Waals surface area contributed by atoms with Gasteiger partial charge in [0, 0.05) is 0 Å². The molecule has 0 aromatic carbocycles. The Morgan fingerprint density at radius 2 is 2.25 bits per heavy atom. The molecule has 0 saturated carbocycles. The Kier molecular flexibility index (Phi) is 3.59. The van der Waals surface area contributed by atoms with Gasteiger partial charge in [-0.2, -0.15) is 0 Å². The molecule has 0 aliphatic carbocycles. The number of ether oxygens (including phenoxy) is 1. The predicted octanol–water partition coefficient (Wildman–Crippen LogP) is -2.57. The maximum Gasteiger partial charge on any atom is 0.173 e. The molecular formula is C11H17FN4O4. The highest BCUT2D eigenvalue weighted by Crippen LogP contribution is 2.30. The molecular weight excluding hydrogens is 271 g/mol. The number of aliphatic hydroxyl groups excluding tert-OH is 3. The number of alkyl halides is 1. The molecule has 4 N–H and O–H groups in total. The first kappa shape index (κ1) is 13.7. The van der Waals surface area contributed by atoms with Crippen molar-refractivity contribution in [1.29, 1.82) is 0 Å². The Morgan fingerprint density at radius 1 is 1.45 bits per heavy atom. The van der Waals surface area contributed by atoms with Crippen molar-refractivity contribution in [1.82, 2.24) is 10.2 Å². The summed E-state index contributed by atoms with van der Waals surface area (Å²) >= 11 is 0. The Bertz CT molecular complexity index is 423. The molecule has 1 fully saturated rings. The molecule has 0 amide bonds. The van der Waals surface area contributed by atoms with Crippen LogP contribution in [0.15, 0.2) is 9.98 Å². The van der Waals surface area contributed by atoms with Gasteiger partial charge in [0.25, 0.3) is 0 Å². The minimum absolute atomic E-state index is 0.214. The number of aliphatic hydroxyl groups is 3. The molecule has 0 aromatic heterocycles. The average molecular weight is 288 g/mol. The van der Waals surface area contributed by atoms with Crippen LogP contribution in [0.25, 0.3) is 0 Å². The second-order valence-electron chi connectivity index (χ2n) is 5.06. The summed E-state index contributed by atoms with van der Waals surface area (Å²) in [6.45, 7) is -0.250. The van der Waals surface area contributed by atoms with E-state index in [9.17, 15) is 14.6 Å². The van der Waals surface area contributed by atoms with Crippen molar-refractivity contribution in [2.24, 2.45) is 9.98 Å². The molecule has 9 heteroatoms. The Balaban J connectivity index is 1.78. The lowest BCUT2D eigenvalue weighted by Crippen LogP contribution is -2.55. The quantitative estimate of drug-likeness (QED) is 0.445. The zero-order chi connectivity index (χ0) is 14.3. The van der Waals surface area contributed by atoms with E-state index in [1.807, 2.05) is 0 Å². The van der Waals surface area contributed by atoms with Gasteiger partial charge in [-0.05, 0) is 0 Å². The van der Waals surface area contributed by atoms with Gasteiger partial charge in [0.05, 0.1) is 31.9 Å². The molecule has 1 saturated heterocycles. The zero-order valence-corrected chi connectivity index (χ0v) is 10.6. The molecule has 7 atom stereocenters. The SMILES string of the molecule is OC[C@@H]1O[C@H](N2C=NC3C2NC=NC[C@H]3O)[C@@H](F)[C@H]1O. The van der Waals surface area contributed by atoms with Crippen molar-refractivity contribution in [2.75, 3.05) is 13.2 Å². The molecule has 112 valence electrons. The van der Waals surface area contributed by atoms with Gasteiger partial charge in [0.1, 0.15) is 24.4 Å². The number of hydrogen-bond acceptors (Lipinski definition) is 8. The van der Waals surface area contributed by atoms with Crippen molar-refractivity contribution in [3.8, 4) is 0 Å². The van der Waals surface area contributed by atoms with Crippen LogP contribution in [0.1, 0.15) is 0 Å². The van der Waals surface area contributed by atoms with E-state index in [1.165, 1.54) is 17.6 Å². The maximum absolute atomic E-state index is 14.1. The summed E-state index contributed by atoms with van der Waals surface area (Å²) in [5, 5.41) is 31.6. The van der Waals surface area contributed by atoms with Crippen LogP contribution in [0.2, 0.25) is 0 Å². The van der Waals surface area contributed by atoms with E-state index in [4.69, 9.17) is 9.84 Å². The molecule has 0 spiro atoms. The first-order valence-corrected chi connectivity index (χ1v) is 6.45. The highest BCUT2D eigenvalue weighted by atomic mass is 19.1. The van der Waals surface area contributed by atoms with E-state index < -0.39 is 49.5 Å². The van der Waals surface area contributed by atoms with Crippen LogP contribution in [0.4, 0.5) is 4.39 Å².